The van der Waals surface area contributed by atoms with Crippen LogP contribution in [0.5, 0.6) is 0 Å². The summed E-state index contributed by atoms with van der Waals surface area (Å²) in [6, 6.07) is 14.9. The molecule has 5 heteroatoms. The van der Waals surface area contributed by atoms with Crippen LogP contribution in [-0.4, -0.2) is 16.1 Å². The highest BCUT2D eigenvalue weighted by atomic mass is 16.2. The zero-order valence-corrected chi connectivity index (χ0v) is 11.6. The van der Waals surface area contributed by atoms with Crippen molar-refractivity contribution >= 4 is 22.5 Å². The van der Waals surface area contributed by atoms with E-state index in [1.165, 1.54) is 0 Å². The molecule has 0 radical (unpaired) electrons. The number of nitrogens with two attached hydrogens (primary N) is 1. The first-order chi connectivity index (χ1) is 10.1. The molecule has 3 rings (SSSR count). The second-order valence-electron chi connectivity index (χ2n) is 4.98. The van der Waals surface area contributed by atoms with Crippen LogP contribution >= 0.6 is 0 Å². The van der Waals surface area contributed by atoms with Crippen LogP contribution in [-0.2, 0) is 0 Å². The zero-order chi connectivity index (χ0) is 14.8. The number of anilines is 1. The third kappa shape index (κ3) is 2.58. The summed E-state index contributed by atoms with van der Waals surface area (Å²) in [5.41, 5.74) is 8.63. The Morgan fingerprint density at radius 3 is 2.67 bits per heavy atom. The fourth-order valence-corrected chi connectivity index (χ4v) is 2.27. The van der Waals surface area contributed by atoms with Crippen molar-refractivity contribution < 1.29 is 4.79 Å². The molecule has 106 valence electrons. The molecule has 1 unspecified atom stereocenters. The van der Waals surface area contributed by atoms with Crippen molar-refractivity contribution in [1.82, 2.24) is 15.5 Å². The lowest BCUT2D eigenvalue weighted by Crippen LogP contribution is -2.27. The average molecular weight is 280 g/mol. The van der Waals surface area contributed by atoms with Crippen LogP contribution in [0, 0.1) is 0 Å². The van der Waals surface area contributed by atoms with E-state index in [2.05, 4.69) is 15.5 Å². The topological polar surface area (TPSA) is 83.8 Å². The number of carbonyl (C=O) groups is 1. The van der Waals surface area contributed by atoms with Crippen molar-refractivity contribution in [2.75, 3.05) is 5.73 Å². The molecule has 1 atom stereocenters. The number of fused-ring (bicyclic) bond motifs is 1. The quantitative estimate of drug-likeness (QED) is 0.645. The van der Waals surface area contributed by atoms with Gasteiger partial charge in [-0.3, -0.25) is 9.89 Å². The van der Waals surface area contributed by atoms with Gasteiger partial charge in [-0.1, -0.05) is 30.3 Å². The van der Waals surface area contributed by atoms with Crippen LogP contribution in [0.4, 0.5) is 5.69 Å². The standard InChI is InChI=1S/C16H16N4O/c1-10(11-6-8-12(17)9-7-11)18-16(21)15-13-4-2-3-5-14(13)19-20-15/h2-10H,17H2,1H3,(H,18,21)(H,19,20). The van der Waals surface area contributed by atoms with Gasteiger partial charge in [-0.15, -0.1) is 0 Å². The van der Waals surface area contributed by atoms with Gasteiger partial charge in [-0.2, -0.15) is 5.10 Å². The molecule has 0 aliphatic heterocycles. The number of aromatic amines is 1. The highest BCUT2D eigenvalue weighted by Crippen LogP contribution is 2.18. The summed E-state index contributed by atoms with van der Waals surface area (Å²) in [5.74, 6) is -0.197. The summed E-state index contributed by atoms with van der Waals surface area (Å²) in [6.07, 6.45) is 0. The van der Waals surface area contributed by atoms with Crippen molar-refractivity contribution in [2.45, 2.75) is 13.0 Å². The van der Waals surface area contributed by atoms with Crippen LogP contribution < -0.4 is 11.1 Å². The largest absolute Gasteiger partial charge is 0.399 e. The van der Waals surface area contributed by atoms with Crippen LogP contribution in [0.3, 0.4) is 0 Å². The summed E-state index contributed by atoms with van der Waals surface area (Å²) >= 11 is 0. The maximum atomic E-state index is 12.4. The number of H-pyrrole nitrogens is 1. The van der Waals surface area contributed by atoms with Crippen LogP contribution in [0.1, 0.15) is 29.0 Å². The van der Waals surface area contributed by atoms with E-state index in [0.29, 0.717) is 11.4 Å². The molecule has 1 amide bonds. The summed E-state index contributed by atoms with van der Waals surface area (Å²) < 4.78 is 0. The molecule has 4 N–H and O–H groups in total. The van der Waals surface area contributed by atoms with Gasteiger partial charge in [-0.05, 0) is 30.7 Å². The van der Waals surface area contributed by atoms with Gasteiger partial charge in [0.2, 0.25) is 0 Å². The Labute approximate surface area is 122 Å². The summed E-state index contributed by atoms with van der Waals surface area (Å²) in [4.78, 5) is 12.4. The van der Waals surface area contributed by atoms with E-state index < -0.39 is 0 Å². The Hall–Kier alpha value is -2.82. The van der Waals surface area contributed by atoms with Gasteiger partial charge in [0.05, 0.1) is 11.6 Å². The molecule has 0 bridgehead atoms. The van der Waals surface area contributed by atoms with Gasteiger partial charge >= 0.3 is 0 Å². The minimum atomic E-state index is -0.197. The zero-order valence-electron chi connectivity index (χ0n) is 11.6. The molecule has 5 nitrogen and oxygen atoms in total. The number of nitrogen functional groups attached to an aromatic ring is 1. The number of para-hydroxylation sites is 1. The summed E-state index contributed by atoms with van der Waals surface area (Å²) in [6.45, 7) is 1.93. The summed E-state index contributed by atoms with van der Waals surface area (Å²) in [7, 11) is 0. The second kappa shape index (κ2) is 5.28. The minimum Gasteiger partial charge on any atom is -0.399 e. The van der Waals surface area contributed by atoms with E-state index >= 15 is 0 Å². The summed E-state index contributed by atoms with van der Waals surface area (Å²) in [5, 5.41) is 10.7. The molecule has 0 aliphatic rings. The molecule has 1 heterocycles. The first-order valence-electron chi connectivity index (χ1n) is 6.74. The molecule has 0 spiro atoms. The second-order valence-corrected chi connectivity index (χ2v) is 4.98. The lowest BCUT2D eigenvalue weighted by molar-refractivity contribution is 0.0936. The first-order valence-corrected chi connectivity index (χ1v) is 6.74. The Bertz CT molecular complexity index is 776. The molecule has 0 saturated heterocycles. The van der Waals surface area contributed by atoms with Crippen molar-refractivity contribution in [1.29, 1.82) is 0 Å². The van der Waals surface area contributed by atoms with Crippen LogP contribution in [0.2, 0.25) is 0 Å². The SMILES string of the molecule is CC(NC(=O)c1n[nH]c2ccccc12)c1ccc(N)cc1. The Morgan fingerprint density at radius 2 is 1.90 bits per heavy atom. The van der Waals surface area contributed by atoms with Crippen LogP contribution in [0.15, 0.2) is 48.5 Å². The normalized spacial score (nSPS) is 12.2. The number of hydrogen-bond acceptors (Lipinski definition) is 3. The maximum Gasteiger partial charge on any atom is 0.272 e. The third-order valence-corrected chi connectivity index (χ3v) is 3.47. The number of amides is 1. The van der Waals surface area contributed by atoms with E-state index in [4.69, 9.17) is 5.73 Å². The van der Waals surface area contributed by atoms with Gasteiger partial charge in [0, 0.05) is 11.1 Å². The number of hydrogen-bond donors (Lipinski definition) is 3. The van der Waals surface area contributed by atoms with Crippen molar-refractivity contribution in [3.8, 4) is 0 Å². The molecule has 3 aromatic rings. The highest BCUT2D eigenvalue weighted by Gasteiger charge is 2.16. The molecule has 0 aliphatic carbocycles. The van der Waals surface area contributed by atoms with E-state index in [9.17, 15) is 4.79 Å². The number of aromatic nitrogens is 2. The monoisotopic (exact) mass is 280 g/mol. The van der Waals surface area contributed by atoms with Gasteiger partial charge in [0.25, 0.3) is 5.91 Å². The number of nitrogens with one attached hydrogen (secondary N) is 2. The number of rotatable bonds is 3. The molecular weight excluding hydrogens is 264 g/mol. The third-order valence-electron chi connectivity index (χ3n) is 3.47. The fourth-order valence-electron chi connectivity index (χ4n) is 2.27. The Morgan fingerprint density at radius 1 is 1.19 bits per heavy atom. The van der Waals surface area contributed by atoms with Gasteiger partial charge in [0.1, 0.15) is 0 Å². The predicted octanol–water partition coefficient (Wildman–Crippen LogP) is 2.64. The van der Waals surface area contributed by atoms with Gasteiger partial charge in [0.15, 0.2) is 5.69 Å². The molecule has 1 aromatic heterocycles. The van der Waals surface area contributed by atoms with E-state index in [1.54, 1.807) is 0 Å². The Balaban J connectivity index is 1.81. The smallest absolute Gasteiger partial charge is 0.272 e. The average Bonchev–Trinajstić information content (AvgIpc) is 2.92. The molecular formula is C16H16N4O. The van der Waals surface area contributed by atoms with Crippen molar-refractivity contribution in [2.24, 2.45) is 0 Å². The van der Waals surface area contributed by atoms with E-state index in [-0.39, 0.29) is 11.9 Å². The number of carbonyl (C=O) groups excluding carboxylic acids is 1. The molecule has 0 saturated carbocycles. The van der Waals surface area contributed by atoms with E-state index in [1.807, 2.05) is 55.5 Å². The van der Waals surface area contributed by atoms with Gasteiger partial charge in [-0.25, -0.2) is 0 Å². The predicted molar refractivity (Wildman–Crippen MR) is 82.8 cm³/mol. The minimum absolute atomic E-state index is 0.117. The lowest BCUT2D eigenvalue weighted by Gasteiger charge is -2.13. The number of nitrogens with zero attached hydrogens (tertiary/aromatic N) is 1. The Kier molecular flexibility index (Phi) is 3.31. The van der Waals surface area contributed by atoms with Crippen molar-refractivity contribution in [3.05, 3.63) is 59.8 Å². The fraction of sp³-hybridized carbons (Fsp3) is 0.125. The first kappa shape index (κ1) is 13.2. The lowest BCUT2D eigenvalue weighted by atomic mass is 10.1. The maximum absolute atomic E-state index is 12.4. The molecule has 21 heavy (non-hydrogen) atoms. The molecule has 0 fully saturated rings. The molecule has 2 aromatic carbocycles. The van der Waals surface area contributed by atoms with Crippen molar-refractivity contribution in [3.63, 3.8) is 0 Å². The highest BCUT2D eigenvalue weighted by molar-refractivity contribution is 6.04. The van der Waals surface area contributed by atoms with Gasteiger partial charge < -0.3 is 11.1 Å². The van der Waals surface area contributed by atoms with Crippen LogP contribution in [0.25, 0.3) is 10.9 Å². The number of benzene rings is 2. The van der Waals surface area contributed by atoms with E-state index in [0.717, 1.165) is 16.5 Å².